The maximum Gasteiger partial charge on any atom is 0.303 e. The van der Waals surface area contributed by atoms with Crippen LogP contribution in [0.3, 0.4) is 0 Å². The highest BCUT2D eigenvalue weighted by Crippen LogP contribution is 2.89. The summed E-state index contributed by atoms with van der Waals surface area (Å²) in [4.78, 5) is 24.9. The van der Waals surface area contributed by atoms with Gasteiger partial charge in [0.2, 0.25) is 0 Å². The van der Waals surface area contributed by atoms with E-state index in [9.17, 15) is 40.2 Å². The fraction of sp³-hybridized carbons (Fsp3) is 0.956. The van der Waals surface area contributed by atoms with E-state index < -0.39 is 102 Å². The summed E-state index contributed by atoms with van der Waals surface area (Å²) in [5.74, 6) is -1.54. The monoisotopic (exact) mass is 852 g/mol. The number of hydrogen-bond donors (Lipinski definition) is 6. The van der Waals surface area contributed by atoms with Crippen LogP contribution in [0.15, 0.2) is 0 Å². The van der Waals surface area contributed by atoms with Crippen LogP contribution in [0.4, 0.5) is 0 Å². The van der Waals surface area contributed by atoms with Crippen molar-refractivity contribution in [2.24, 2.45) is 44.8 Å². The molecule has 2 spiro atoms. The maximum absolute atomic E-state index is 12.6. The molecule has 3 aliphatic heterocycles. The van der Waals surface area contributed by atoms with Crippen molar-refractivity contribution in [3.8, 4) is 0 Å². The Morgan fingerprint density at radius 3 is 2.03 bits per heavy atom. The zero-order valence-electron chi connectivity index (χ0n) is 37.2. The van der Waals surface area contributed by atoms with Crippen molar-refractivity contribution in [1.82, 2.24) is 0 Å². The number of esters is 2. The molecule has 0 bridgehead atoms. The summed E-state index contributed by atoms with van der Waals surface area (Å²) in [6.45, 7) is 18.6. The molecule has 0 aromatic heterocycles. The van der Waals surface area contributed by atoms with E-state index in [0.29, 0.717) is 25.7 Å². The molecule has 0 amide bonds. The van der Waals surface area contributed by atoms with Gasteiger partial charge in [0.25, 0.3) is 0 Å². The van der Waals surface area contributed by atoms with Crippen LogP contribution < -0.4 is 0 Å². The van der Waals surface area contributed by atoms with E-state index in [0.717, 1.165) is 32.1 Å². The molecule has 8 aliphatic rings. The average molecular weight is 853 g/mol. The minimum atomic E-state index is -1.47. The zero-order chi connectivity index (χ0) is 43.9. The third-order valence-electron chi connectivity index (χ3n) is 18.1. The van der Waals surface area contributed by atoms with E-state index in [-0.39, 0.29) is 52.1 Å². The third kappa shape index (κ3) is 6.59. The van der Waals surface area contributed by atoms with Gasteiger partial charge < -0.3 is 63.8 Å². The van der Waals surface area contributed by atoms with Crippen LogP contribution in [0.1, 0.15) is 127 Å². The standard InChI is InChI=1S/C45H72O15/c1-21-30(50)31(51)32(52)37(55-21)59-28-12-14-45-20-44(45)16-15-41(8)35(43(10)13-11-29(60-43)40(6,7)53)24(48)18-42(41,9)27(44)17-26(36(45)39(28,4)5)58-38-34(57-23(3)47)33(56-22(2)46)25(49)19-54-38/h21,24-38,48-53H,11-20H2,1-10H3/t21-,24-,25-,26+,27-,28+,29+,30-,31+,32-,33+,34-,35?,36+,37+,38+,41-,42+,43-,44-,45+/m1/s1. The Kier molecular flexibility index (Phi) is 11.1. The summed E-state index contributed by atoms with van der Waals surface area (Å²) in [5.41, 5.74) is -3.25. The highest BCUT2D eigenvalue weighted by molar-refractivity contribution is 5.67. The molecule has 1 unspecified atom stereocenters. The van der Waals surface area contributed by atoms with Crippen molar-refractivity contribution in [1.29, 1.82) is 0 Å². The van der Waals surface area contributed by atoms with E-state index in [1.165, 1.54) is 13.8 Å². The molecule has 0 aromatic carbocycles. The van der Waals surface area contributed by atoms with Gasteiger partial charge in [-0.05, 0) is 124 Å². The lowest BCUT2D eigenvalue weighted by Gasteiger charge is -2.65. The second-order valence-corrected chi connectivity index (χ2v) is 22.2. The Bertz CT molecular complexity index is 1670. The molecule has 60 heavy (non-hydrogen) atoms. The zero-order valence-corrected chi connectivity index (χ0v) is 37.2. The maximum atomic E-state index is 12.6. The van der Waals surface area contributed by atoms with E-state index in [1.54, 1.807) is 20.8 Å². The second kappa shape index (κ2) is 14.8. The first kappa shape index (κ1) is 45.1. The molecule has 3 heterocycles. The van der Waals surface area contributed by atoms with E-state index in [1.807, 2.05) is 0 Å². The lowest BCUT2D eigenvalue weighted by atomic mass is 9.41. The summed E-state index contributed by atoms with van der Waals surface area (Å²) in [7, 11) is 0. The first-order chi connectivity index (χ1) is 27.8. The minimum absolute atomic E-state index is 0.0788. The van der Waals surface area contributed by atoms with Gasteiger partial charge in [-0.3, -0.25) is 9.59 Å². The number of carbonyl (C=O) groups is 2. The number of carbonyl (C=O) groups excluding carboxylic acids is 2. The Morgan fingerprint density at radius 2 is 1.40 bits per heavy atom. The molecule has 342 valence electrons. The van der Waals surface area contributed by atoms with Gasteiger partial charge in [-0.1, -0.05) is 27.7 Å². The number of aliphatic hydroxyl groups is 6. The van der Waals surface area contributed by atoms with Crippen LogP contribution in [-0.4, -0.2) is 140 Å². The number of fused-ring (bicyclic) bond motifs is 2. The van der Waals surface area contributed by atoms with Gasteiger partial charge in [-0.25, -0.2) is 0 Å². The molecule has 6 N–H and O–H groups in total. The van der Waals surface area contributed by atoms with E-state index >= 15 is 0 Å². The third-order valence-corrected chi connectivity index (χ3v) is 18.1. The quantitative estimate of drug-likeness (QED) is 0.153. The van der Waals surface area contributed by atoms with Crippen molar-refractivity contribution in [3.05, 3.63) is 0 Å². The Labute approximate surface area is 354 Å². The Balaban J connectivity index is 1.17. The van der Waals surface area contributed by atoms with Gasteiger partial charge in [0, 0.05) is 19.8 Å². The van der Waals surface area contributed by atoms with Gasteiger partial charge in [-0.2, -0.15) is 0 Å². The molecule has 5 saturated carbocycles. The smallest absolute Gasteiger partial charge is 0.303 e. The number of hydrogen-bond acceptors (Lipinski definition) is 15. The molecule has 0 aromatic rings. The van der Waals surface area contributed by atoms with Crippen molar-refractivity contribution in [2.45, 2.75) is 218 Å². The van der Waals surface area contributed by atoms with Gasteiger partial charge in [0.15, 0.2) is 24.8 Å². The summed E-state index contributed by atoms with van der Waals surface area (Å²) in [6.07, 6.45) is -6.21. The van der Waals surface area contributed by atoms with Crippen LogP contribution in [-0.2, 0) is 42.7 Å². The molecule has 3 saturated heterocycles. The van der Waals surface area contributed by atoms with Crippen LogP contribution in [0.25, 0.3) is 0 Å². The average Bonchev–Trinajstić information content (AvgIpc) is 3.50. The second-order valence-electron chi connectivity index (χ2n) is 22.2. The largest absolute Gasteiger partial charge is 0.455 e. The summed E-state index contributed by atoms with van der Waals surface area (Å²) in [5, 5.41) is 66.4. The number of aliphatic hydroxyl groups excluding tert-OH is 5. The van der Waals surface area contributed by atoms with Crippen LogP contribution in [0.5, 0.6) is 0 Å². The number of ether oxygens (including phenoxy) is 7. The molecular formula is C45H72O15. The van der Waals surface area contributed by atoms with Crippen molar-refractivity contribution < 1.29 is 73.4 Å². The molecule has 15 heteroatoms. The van der Waals surface area contributed by atoms with Crippen LogP contribution in [0.2, 0.25) is 0 Å². The summed E-state index contributed by atoms with van der Waals surface area (Å²) < 4.78 is 44.1. The molecule has 5 aliphatic carbocycles. The fourth-order valence-electron chi connectivity index (χ4n) is 15.4. The minimum Gasteiger partial charge on any atom is -0.455 e. The molecule has 8 fully saturated rings. The molecule has 15 nitrogen and oxygen atoms in total. The normalized spacial score (nSPS) is 54.5. The predicted octanol–water partition coefficient (Wildman–Crippen LogP) is 2.89. The lowest BCUT2D eigenvalue weighted by molar-refractivity contribution is -0.335. The van der Waals surface area contributed by atoms with Crippen LogP contribution >= 0.6 is 0 Å². The highest BCUT2D eigenvalue weighted by atomic mass is 16.7. The van der Waals surface area contributed by atoms with Gasteiger partial charge in [-0.15, -0.1) is 0 Å². The molecule has 21 atom stereocenters. The van der Waals surface area contributed by atoms with Gasteiger partial charge >= 0.3 is 11.9 Å². The fourth-order valence-corrected chi connectivity index (χ4v) is 15.4. The summed E-state index contributed by atoms with van der Waals surface area (Å²) in [6, 6.07) is 0. The first-order valence-corrected chi connectivity index (χ1v) is 22.5. The highest BCUT2D eigenvalue weighted by Gasteiger charge is 2.85. The van der Waals surface area contributed by atoms with Crippen LogP contribution in [0, 0.1) is 44.8 Å². The predicted molar refractivity (Wildman–Crippen MR) is 211 cm³/mol. The number of rotatable bonds is 8. The SMILES string of the molecule is CC(=O)O[C@@H]1[C@@H](OC(C)=O)[C@H](O[C@H]2C[C@H]3[C@@]4(CC[C@]5(C)C([C@@]6(C)CC[C@@H](C(C)(C)O)O6)[C@H](O)C[C@@]35C)C[C@]43CC[C@H](O[C@@H]4O[C@H](C)[C@@H](O)[C@H](O)[C@H]4O)C(C)(C)[C@H]23)OC[C@H]1O. The molecular weight excluding hydrogens is 780 g/mol. The van der Waals surface area contributed by atoms with Gasteiger partial charge in [0.05, 0.1) is 48.3 Å². The van der Waals surface area contributed by atoms with E-state index in [2.05, 4.69) is 34.6 Å². The van der Waals surface area contributed by atoms with Crippen molar-refractivity contribution in [2.75, 3.05) is 6.61 Å². The van der Waals surface area contributed by atoms with Crippen molar-refractivity contribution >= 4 is 11.9 Å². The Morgan fingerprint density at radius 1 is 0.733 bits per heavy atom. The van der Waals surface area contributed by atoms with Gasteiger partial charge in [0.1, 0.15) is 24.4 Å². The Hall–Kier alpha value is -1.50. The van der Waals surface area contributed by atoms with E-state index in [4.69, 9.17) is 33.2 Å². The topological polar surface area (TPSA) is 220 Å². The molecule has 8 rings (SSSR count). The summed E-state index contributed by atoms with van der Waals surface area (Å²) >= 11 is 0. The molecule has 0 radical (unpaired) electrons. The first-order valence-electron chi connectivity index (χ1n) is 22.5. The lowest BCUT2D eigenvalue weighted by Crippen LogP contribution is -2.65. The van der Waals surface area contributed by atoms with Crippen molar-refractivity contribution in [3.63, 3.8) is 0 Å².